The van der Waals surface area contributed by atoms with Gasteiger partial charge in [-0.1, -0.05) is 168 Å². The van der Waals surface area contributed by atoms with Crippen molar-refractivity contribution in [1.82, 2.24) is 0 Å². The van der Waals surface area contributed by atoms with E-state index < -0.39 is 0 Å². The van der Waals surface area contributed by atoms with Crippen LogP contribution in [0.4, 0.5) is 51.2 Å². The molecule has 0 unspecified atom stereocenters. The highest BCUT2D eigenvalue weighted by Gasteiger charge is 2.52. The van der Waals surface area contributed by atoms with Crippen molar-refractivity contribution in [3.63, 3.8) is 0 Å². The molecular formula is C63H52B3N3O. The molecule has 5 aliphatic rings. The fourth-order valence-corrected chi connectivity index (χ4v) is 13.0. The van der Waals surface area contributed by atoms with E-state index in [0.29, 0.717) is 17.8 Å². The van der Waals surface area contributed by atoms with E-state index in [2.05, 4.69) is 244 Å². The molecule has 0 aromatic heterocycles. The van der Waals surface area contributed by atoms with Crippen molar-refractivity contribution in [3.8, 4) is 11.5 Å². The molecule has 0 atom stereocenters. The smallest absolute Gasteiger partial charge is 0.252 e. The van der Waals surface area contributed by atoms with Crippen molar-refractivity contribution in [2.45, 2.75) is 59.3 Å². The molecule has 14 rings (SSSR count). The quantitative estimate of drug-likeness (QED) is 0.155. The summed E-state index contributed by atoms with van der Waals surface area (Å²) in [6.45, 7) is 14.1. The first-order valence-corrected chi connectivity index (χ1v) is 25.4. The minimum atomic E-state index is -0.0711. The van der Waals surface area contributed by atoms with Gasteiger partial charge in [-0.3, -0.25) is 0 Å². The zero-order chi connectivity index (χ0) is 47.1. The van der Waals surface area contributed by atoms with Crippen LogP contribution < -0.4 is 68.6 Å². The van der Waals surface area contributed by atoms with Crippen LogP contribution in [-0.2, 0) is 0 Å². The Balaban J connectivity index is 1.12. The SMILES string of the molecule is CC(C)c1cc(C(C)C)c(B2c3ccccc3Oc3cc4c(cc32)N(c2ccccc2)c2cc3c5c6c2B4c2ccccc2N6c2ccccc2B5c2ccccc2N3c2ccccc2)c(C(C)C)c1. The van der Waals surface area contributed by atoms with Crippen molar-refractivity contribution >= 4 is 120 Å². The fourth-order valence-electron chi connectivity index (χ4n) is 13.0. The molecule has 0 radical (unpaired) electrons. The minimum Gasteiger partial charge on any atom is -0.458 e. The van der Waals surface area contributed by atoms with Gasteiger partial charge in [-0.25, -0.2) is 0 Å². The summed E-state index contributed by atoms with van der Waals surface area (Å²) in [4.78, 5) is 7.74. The van der Waals surface area contributed by atoms with Crippen molar-refractivity contribution in [1.29, 1.82) is 0 Å². The zero-order valence-electron chi connectivity index (χ0n) is 40.6. The van der Waals surface area contributed by atoms with Crippen molar-refractivity contribution in [3.05, 3.63) is 205 Å². The first-order chi connectivity index (χ1) is 34.3. The van der Waals surface area contributed by atoms with Gasteiger partial charge in [0.05, 0.1) is 0 Å². The predicted octanol–water partition coefficient (Wildman–Crippen LogP) is 10.4. The molecule has 0 N–H and O–H groups in total. The van der Waals surface area contributed by atoms with Gasteiger partial charge < -0.3 is 19.4 Å². The Morgan fingerprint density at radius 2 is 0.771 bits per heavy atom. The third-order valence-corrected chi connectivity index (χ3v) is 16.1. The number of nitrogens with zero attached hydrogens (tertiary/aromatic N) is 3. The minimum absolute atomic E-state index is 0.0351. The van der Waals surface area contributed by atoms with Crippen LogP contribution in [0.25, 0.3) is 0 Å². The van der Waals surface area contributed by atoms with E-state index in [4.69, 9.17) is 4.74 Å². The molecule has 5 aliphatic heterocycles. The second-order valence-corrected chi connectivity index (χ2v) is 20.9. The summed E-state index contributed by atoms with van der Waals surface area (Å²) in [5.41, 5.74) is 26.9. The maximum Gasteiger partial charge on any atom is 0.252 e. The Bertz CT molecular complexity index is 3590. The highest BCUT2D eigenvalue weighted by atomic mass is 16.5. The number of hydrogen-bond donors (Lipinski definition) is 0. The average molecular weight is 900 g/mol. The summed E-state index contributed by atoms with van der Waals surface area (Å²) in [6, 6.07) is 70.9. The summed E-state index contributed by atoms with van der Waals surface area (Å²) >= 11 is 0. The Kier molecular flexibility index (Phi) is 9.12. The number of benzene rings is 9. The van der Waals surface area contributed by atoms with Crippen molar-refractivity contribution in [2.75, 3.05) is 14.7 Å². The molecule has 0 saturated heterocycles. The second-order valence-electron chi connectivity index (χ2n) is 20.9. The number of fused-ring (bicyclic) bond motifs is 12. The largest absolute Gasteiger partial charge is 0.458 e. The van der Waals surface area contributed by atoms with Gasteiger partial charge in [0.2, 0.25) is 0 Å². The maximum atomic E-state index is 7.27. The molecular weight excluding hydrogens is 847 g/mol. The summed E-state index contributed by atoms with van der Waals surface area (Å²) in [7, 11) is 0. The summed E-state index contributed by atoms with van der Waals surface area (Å²) in [6.07, 6.45) is 0. The second kappa shape index (κ2) is 15.4. The highest BCUT2D eigenvalue weighted by Crippen LogP contribution is 2.50. The first-order valence-electron chi connectivity index (χ1n) is 25.4. The number of rotatable bonds is 6. The maximum absolute atomic E-state index is 7.27. The lowest BCUT2D eigenvalue weighted by atomic mass is 9.28. The molecule has 334 valence electrons. The number of hydrogen-bond acceptors (Lipinski definition) is 4. The fraction of sp³-hybridized carbons (Fsp3) is 0.143. The zero-order valence-corrected chi connectivity index (χ0v) is 40.6. The van der Waals surface area contributed by atoms with Crippen molar-refractivity contribution in [2.24, 2.45) is 0 Å². The molecule has 5 heterocycles. The van der Waals surface area contributed by atoms with E-state index in [-0.39, 0.29) is 20.1 Å². The van der Waals surface area contributed by atoms with E-state index in [0.717, 1.165) is 22.9 Å². The van der Waals surface area contributed by atoms with Crippen LogP contribution in [0.2, 0.25) is 0 Å². The molecule has 0 bridgehead atoms. The Hall–Kier alpha value is -7.63. The van der Waals surface area contributed by atoms with Crippen LogP contribution in [0.5, 0.6) is 11.5 Å². The average Bonchev–Trinajstić information content (AvgIpc) is 3.39. The van der Waals surface area contributed by atoms with Gasteiger partial charge in [-0.2, -0.15) is 0 Å². The van der Waals surface area contributed by atoms with Crippen LogP contribution in [-0.4, -0.2) is 20.1 Å². The number of anilines is 9. The summed E-state index contributed by atoms with van der Waals surface area (Å²) < 4.78 is 7.27. The molecule has 0 spiro atoms. The molecule has 0 saturated carbocycles. The van der Waals surface area contributed by atoms with Gasteiger partial charge in [0.15, 0.2) is 0 Å². The Labute approximate surface area is 413 Å². The van der Waals surface area contributed by atoms with E-state index in [1.165, 1.54) is 106 Å². The van der Waals surface area contributed by atoms with Crippen LogP contribution >= 0.6 is 0 Å². The van der Waals surface area contributed by atoms with Crippen LogP contribution in [0.1, 0.15) is 76.0 Å². The van der Waals surface area contributed by atoms with Gasteiger partial charge in [-0.05, 0) is 145 Å². The van der Waals surface area contributed by atoms with E-state index in [1.807, 2.05) is 0 Å². The van der Waals surface area contributed by atoms with E-state index in [9.17, 15) is 0 Å². The first kappa shape index (κ1) is 41.4. The van der Waals surface area contributed by atoms with Crippen LogP contribution in [0.15, 0.2) is 188 Å². The summed E-state index contributed by atoms with van der Waals surface area (Å²) in [5.74, 6) is 2.95. The summed E-state index contributed by atoms with van der Waals surface area (Å²) in [5, 5.41) is 0. The van der Waals surface area contributed by atoms with E-state index >= 15 is 0 Å². The number of ether oxygens (including phenoxy) is 1. The Morgan fingerprint density at radius 1 is 0.329 bits per heavy atom. The van der Waals surface area contributed by atoms with Crippen molar-refractivity contribution < 1.29 is 4.74 Å². The Morgan fingerprint density at radius 3 is 1.30 bits per heavy atom. The molecule has 0 aliphatic carbocycles. The predicted molar refractivity (Wildman–Crippen MR) is 300 cm³/mol. The van der Waals surface area contributed by atoms with Gasteiger partial charge in [-0.15, -0.1) is 0 Å². The van der Waals surface area contributed by atoms with Gasteiger partial charge in [0.25, 0.3) is 20.1 Å². The number of para-hydroxylation sites is 6. The molecule has 0 fully saturated rings. The van der Waals surface area contributed by atoms with Crippen LogP contribution in [0.3, 0.4) is 0 Å². The monoisotopic (exact) mass is 899 g/mol. The molecule has 4 nitrogen and oxygen atoms in total. The molecule has 7 heteroatoms. The van der Waals surface area contributed by atoms with Gasteiger partial charge >= 0.3 is 0 Å². The normalized spacial score (nSPS) is 14.2. The van der Waals surface area contributed by atoms with E-state index in [1.54, 1.807) is 0 Å². The topological polar surface area (TPSA) is 19.0 Å². The lowest BCUT2D eigenvalue weighted by Gasteiger charge is -2.51. The molecule has 9 aromatic rings. The highest BCUT2D eigenvalue weighted by molar-refractivity contribution is 7.05. The third kappa shape index (κ3) is 5.75. The molecule has 0 amide bonds. The lowest BCUT2D eigenvalue weighted by molar-refractivity contribution is 0.488. The van der Waals surface area contributed by atoms with Gasteiger partial charge in [0.1, 0.15) is 11.5 Å². The molecule has 9 aromatic carbocycles. The third-order valence-electron chi connectivity index (χ3n) is 16.1. The molecule has 70 heavy (non-hydrogen) atoms. The van der Waals surface area contributed by atoms with Gasteiger partial charge in [0, 0.05) is 51.2 Å². The van der Waals surface area contributed by atoms with Crippen LogP contribution in [0, 0.1) is 0 Å². The lowest BCUT2D eigenvalue weighted by Crippen LogP contribution is -2.69. The standard InChI is InChI=1S/C63H52B3N3O/c1-38(2)41-33-44(39(3)4)60(45(34-41)40(5)6)66-49-28-16-20-32-58(49)70-59-36-50-55(35-51(59)66)68(43-23-11-8-12-24-43)57-37-56-61-63-62(57)65(50)48-27-15-19-31-54(48)69(63)53-30-18-14-26-47(53)64(61)46-25-13-17-29-52(46)67(56)42-21-9-7-10-22-42/h7-40H,1-6H3.